The van der Waals surface area contributed by atoms with Gasteiger partial charge >= 0.3 is 0 Å². The van der Waals surface area contributed by atoms with E-state index in [9.17, 15) is 13.5 Å². The predicted molar refractivity (Wildman–Crippen MR) is 54.5 cm³/mol. The summed E-state index contributed by atoms with van der Waals surface area (Å²) in [4.78, 5) is -0.523. The molecule has 1 aromatic carbocycles. The minimum Gasteiger partial charge on any atom is -0.507 e. The molecule has 0 radical (unpaired) electrons. The number of hydrogen-bond donors (Lipinski definition) is 4. The molecule has 4 N–H and O–H groups in total. The first kappa shape index (κ1) is 12.9. The number of rotatable bonds is 3. The summed E-state index contributed by atoms with van der Waals surface area (Å²) in [7, 11) is -4.53. The third-order valence-corrected chi connectivity index (χ3v) is 3.28. The topological polar surface area (TPSA) is 115 Å². The molecule has 16 heavy (non-hydrogen) atoms. The lowest BCUT2D eigenvalue weighted by atomic mass is 10.1. The van der Waals surface area contributed by atoms with Gasteiger partial charge < -0.3 is 15.3 Å². The Bertz CT molecular complexity index is 505. The molecule has 1 rings (SSSR count). The molecule has 0 aromatic heterocycles. The maximum Gasteiger partial charge on any atom is 0.295 e. The van der Waals surface area contributed by atoms with Crippen LogP contribution in [0.15, 0.2) is 11.0 Å². The Hall–Kier alpha value is -1.15. The fourth-order valence-electron chi connectivity index (χ4n) is 1.56. The zero-order valence-corrected chi connectivity index (χ0v) is 9.32. The quantitative estimate of drug-likeness (QED) is 0.557. The molecule has 0 saturated heterocycles. The SMILES string of the molecule is Cc1cc(CO)c(O)c(CO)c1S(=O)(=O)O. The van der Waals surface area contributed by atoms with Gasteiger partial charge in [-0.3, -0.25) is 4.55 Å². The molecule has 1 aromatic rings. The zero-order valence-electron chi connectivity index (χ0n) is 8.51. The van der Waals surface area contributed by atoms with Crippen molar-refractivity contribution in [3.63, 3.8) is 0 Å². The smallest absolute Gasteiger partial charge is 0.295 e. The molecule has 0 aliphatic rings. The highest BCUT2D eigenvalue weighted by Gasteiger charge is 2.23. The van der Waals surface area contributed by atoms with Gasteiger partial charge in [-0.25, -0.2) is 0 Å². The number of aliphatic hydroxyl groups is 2. The highest BCUT2D eigenvalue weighted by atomic mass is 32.2. The molecule has 0 unspecified atom stereocenters. The first-order valence-corrected chi connectivity index (χ1v) is 5.80. The maximum atomic E-state index is 11.1. The summed E-state index contributed by atoms with van der Waals surface area (Å²) < 4.78 is 31.1. The summed E-state index contributed by atoms with van der Waals surface area (Å²) in [5.74, 6) is -0.525. The third kappa shape index (κ3) is 2.17. The minimum absolute atomic E-state index is 0.0916. The van der Waals surface area contributed by atoms with Crippen LogP contribution in [-0.2, 0) is 23.3 Å². The summed E-state index contributed by atoms with van der Waals surface area (Å²) in [5.41, 5.74) is -0.0751. The van der Waals surface area contributed by atoms with Crippen LogP contribution in [0.4, 0.5) is 0 Å². The molecule has 0 aliphatic carbocycles. The monoisotopic (exact) mass is 248 g/mol. The van der Waals surface area contributed by atoms with Crippen molar-refractivity contribution in [3.8, 4) is 5.75 Å². The largest absolute Gasteiger partial charge is 0.507 e. The second-order valence-electron chi connectivity index (χ2n) is 3.30. The van der Waals surface area contributed by atoms with E-state index in [4.69, 9.17) is 14.8 Å². The van der Waals surface area contributed by atoms with Gasteiger partial charge in [-0.05, 0) is 18.6 Å². The van der Waals surface area contributed by atoms with Gasteiger partial charge in [0.15, 0.2) is 0 Å². The van der Waals surface area contributed by atoms with Crippen molar-refractivity contribution < 1.29 is 28.3 Å². The van der Waals surface area contributed by atoms with Crippen LogP contribution in [0.5, 0.6) is 5.75 Å². The normalized spacial score (nSPS) is 11.8. The van der Waals surface area contributed by atoms with Crippen LogP contribution in [0.1, 0.15) is 16.7 Å². The Morgan fingerprint density at radius 3 is 2.19 bits per heavy atom. The van der Waals surface area contributed by atoms with Gasteiger partial charge in [-0.1, -0.05) is 0 Å². The van der Waals surface area contributed by atoms with Crippen molar-refractivity contribution in [2.24, 2.45) is 0 Å². The Morgan fingerprint density at radius 1 is 1.25 bits per heavy atom. The molecule has 0 fully saturated rings. The van der Waals surface area contributed by atoms with Crippen LogP contribution in [-0.4, -0.2) is 28.3 Å². The number of hydrogen-bond acceptors (Lipinski definition) is 5. The van der Waals surface area contributed by atoms with Gasteiger partial charge in [0.25, 0.3) is 10.1 Å². The first-order chi connectivity index (χ1) is 7.32. The molecular formula is C9H12O6S. The van der Waals surface area contributed by atoms with Gasteiger partial charge in [-0.15, -0.1) is 0 Å². The lowest BCUT2D eigenvalue weighted by Crippen LogP contribution is -2.08. The minimum atomic E-state index is -4.53. The van der Waals surface area contributed by atoms with E-state index in [1.54, 1.807) is 0 Å². The molecule has 0 heterocycles. The second-order valence-corrected chi connectivity index (χ2v) is 4.66. The van der Waals surface area contributed by atoms with Crippen molar-refractivity contribution in [2.75, 3.05) is 0 Å². The van der Waals surface area contributed by atoms with Crippen LogP contribution in [0.3, 0.4) is 0 Å². The molecular weight excluding hydrogens is 236 g/mol. The second kappa shape index (κ2) is 4.38. The van der Waals surface area contributed by atoms with Crippen LogP contribution in [0.2, 0.25) is 0 Å². The van der Waals surface area contributed by atoms with Crippen LogP contribution < -0.4 is 0 Å². The van der Waals surface area contributed by atoms with Crippen molar-refractivity contribution in [1.82, 2.24) is 0 Å². The van der Waals surface area contributed by atoms with E-state index >= 15 is 0 Å². The average molecular weight is 248 g/mol. The summed E-state index contributed by atoms with van der Waals surface area (Å²) in [6, 6.07) is 1.23. The summed E-state index contributed by atoms with van der Waals surface area (Å²) in [5, 5.41) is 27.5. The Morgan fingerprint density at radius 2 is 1.81 bits per heavy atom. The Labute approximate surface area is 92.5 Å². The van der Waals surface area contributed by atoms with E-state index in [2.05, 4.69) is 0 Å². The molecule has 0 aliphatic heterocycles. The lowest BCUT2D eigenvalue weighted by Gasteiger charge is -2.13. The number of aryl methyl sites for hydroxylation is 1. The van der Waals surface area contributed by atoms with Crippen molar-refractivity contribution >= 4 is 10.1 Å². The number of phenols is 1. The highest BCUT2D eigenvalue weighted by molar-refractivity contribution is 7.86. The van der Waals surface area contributed by atoms with E-state index < -0.39 is 34.0 Å². The summed E-state index contributed by atoms with van der Waals surface area (Å²) in [6.45, 7) is 0.141. The van der Waals surface area contributed by atoms with Gasteiger partial charge in [0.1, 0.15) is 10.6 Å². The Kier molecular flexibility index (Phi) is 3.54. The highest BCUT2D eigenvalue weighted by Crippen LogP contribution is 2.32. The third-order valence-electron chi connectivity index (χ3n) is 2.20. The lowest BCUT2D eigenvalue weighted by molar-refractivity contribution is 0.260. The summed E-state index contributed by atoms with van der Waals surface area (Å²) >= 11 is 0. The zero-order chi connectivity index (χ0) is 12.5. The van der Waals surface area contributed by atoms with E-state index in [1.807, 2.05) is 0 Å². The summed E-state index contributed by atoms with van der Waals surface area (Å²) in [6.07, 6.45) is 0. The number of aliphatic hydroxyl groups excluding tert-OH is 2. The molecule has 0 atom stereocenters. The van der Waals surface area contributed by atoms with Gasteiger partial charge in [0, 0.05) is 11.1 Å². The fraction of sp³-hybridized carbons (Fsp3) is 0.333. The first-order valence-electron chi connectivity index (χ1n) is 4.36. The van der Waals surface area contributed by atoms with Crippen LogP contribution >= 0.6 is 0 Å². The van der Waals surface area contributed by atoms with Crippen LogP contribution in [0.25, 0.3) is 0 Å². The molecule has 0 amide bonds. The molecule has 0 spiro atoms. The molecule has 6 nitrogen and oxygen atoms in total. The van der Waals surface area contributed by atoms with E-state index in [0.29, 0.717) is 0 Å². The van der Waals surface area contributed by atoms with E-state index in [-0.39, 0.29) is 16.7 Å². The van der Waals surface area contributed by atoms with Gasteiger partial charge in [0.05, 0.1) is 13.2 Å². The van der Waals surface area contributed by atoms with E-state index in [1.165, 1.54) is 13.0 Å². The average Bonchev–Trinajstić information content (AvgIpc) is 2.18. The molecule has 0 saturated carbocycles. The van der Waals surface area contributed by atoms with Gasteiger partial charge in [0.2, 0.25) is 0 Å². The van der Waals surface area contributed by atoms with Crippen LogP contribution in [0, 0.1) is 6.92 Å². The van der Waals surface area contributed by atoms with E-state index in [0.717, 1.165) is 0 Å². The van der Waals surface area contributed by atoms with Crippen molar-refractivity contribution in [1.29, 1.82) is 0 Å². The predicted octanol–water partition coefficient (Wildman–Crippen LogP) is -0.0681. The van der Waals surface area contributed by atoms with Crippen molar-refractivity contribution in [3.05, 3.63) is 22.8 Å². The fourth-order valence-corrected chi connectivity index (χ4v) is 2.50. The number of aromatic hydroxyl groups is 1. The standard InChI is InChI=1S/C9H12O6S/c1-5-2-6(3-10)8(12)7(4-11)9(5)16(13,14)15/h2,10-12H,3-4H2,1H3,(H,13,14,15). The molecule has 0 bridgehead atoms. The Balaban J connectivity index is 3.69. The molecule has 7 heteroatoms. The number of benzene rings is 1. The van der Waals surface area contributed by atoms with Crippen molar-refractivity contribution in [2.45, 2.75) is 25.0 Å². The van der Waals surface area contributed by atoms with Gasteiger partial charge in [-0.2, -0.15) is 8.42 Å². The molecule has 90 valence electrons. The maximum absolute atomic E-state index is 11.1.